The third-order valence-corrected chi connectivity index (χ3v) is 5.69. The molecule has 0 amide bonds. The maximum absolute atomic E-state index is 12.4. The van der Waals surface area contributed by atoms with Crippen LogP contribution in [0, 0.1) is 0 Å². The summed E-state index contributed by atoms with van der Waals surface area (Å²) in [5.74, 6) is 0. The van der Waals surface area contributed by atoms with Gasteiger partial charge in [0, 0.05) is 18.1 Å². The topological polar surface area (TPSA) is 86.6 Å². The molecule has 1 fully saturated rings. The van der Waals surface area contributed by atoms with E-state index in [4.69, 9.17) is 11.6 Å². The molecule has 0 unspecified atom stereocenters. The number of halogens is 2. The van der Waals surface area contributed by atoms with E-state index in [2.05, 4.69) is 5.32 Å². The minimum atomic E-state index is -3.71. The van der Waals surface area contributed by atoms with Gasteiger partial charge in [0.2, 0.25) is 0 Å². The molecule has 0 radical (unpaired) electrons. The molecule has 1 aromatic carbocycles. The van der Waals surface area contributed by atoms with E-state index in [0.717, 1.165) is 0 Å². The van der Waals surface area contributed by atoms with Crippen molar-refractivity contribution in [1.29, 1.82) is 0 Å². The molecule has 108 valence electrons. The first-order valence-corrected chi connectivity index (χ1v) is 7.36. The van der Waals surface area contributed by atoms with E-state index in [1.807, 2.05) is 0 Å². The average Bonchev–Trinajstić information content (AvgIpc) is 2.73. The van der Waals surface area contributed by atoms with E-state index < -0.39 is 27.3 Å². The van der Waals surface area contributed by atoms with Crippen LogP contribution in [-0.4, -0.2) is 49.2 Å². The monoisotopic (exact) mass is 327 g/mol. The number of β-amino-alcohol motifs (C(OH)–C–C–N with tert-alkyl or cyclic N) is 1. The minimum absolute atomic E-state index is 0. The van der Waals surface area contributed by atoms with Gasteiger partial charge in [-0.25, -0.2) is 8.42 Å². The predicted octanol–water partition coefficient (Wildman–Crippen LogP) is 0.231. The van der Waals surface area contributed by atoms with Gasteiger partial charge in [0.05, 0.1) is 11.5 Å². The summed E-state index contributed by atoms with van der Waals surface area (Å²) >= 11 is 5.71. The van der Waals surface area contributed by atoms with Gasteiger partial charge in [0.1, 0.15) is 10.9 Å². The molecule has 1 saturated heterocycles. The molecule has 2 rings (SSSR count). The molecular formula is C11H15Cl2NO4S. The van der Waals surface area contributed by atoms with Crippen LogP contribution in [-0.2, 0) is 9.84 Å². The normalized spacial score (nSPS) is 27.0. The summed E-state index contributed by atoms with van der Waals surface area (Å²) in [6, 6.07) is 5.76. The lowest BCUT2D eigenvalue weighted by Gasteiger charge is -2.26. The van der Waals surface area contributed by atoms with Crippen molar-refractivity contribution in [2.75, 3.05) is 19.7 Å². The molecule has 0 saturated carbocycles. The Morgan fingerprint density at radius 3 is 2.47 bits per heavy atom. The molecule has 1 aliphatic rings. The molecule has 1 aliphatic heterocycles. The first-order chi connectivity index (χ1) is 8.40. The lowest BCUT2D eigenvalue weighted by atomic mass is 10.1. The summed E-state index contributed by atoms with van der Waals surface area (Å²) in [5.41, 5.74) is -1.64. The molecule has 1 aromatic rings. The second-order valence-corrected chi connectivity index (χ2v) is 6.95. The highest BCUT2D eigenvalue weighted by atomic mass is 35.5. The SMILES string of the molecule is Cl.O=S(=O)(c1ccc(Cl)cc1)[C@H]1CNC[C@@]1(O)CO. The van der Waals surface area contributed by atoms with Crippen LogP contribution in [0.3, 0.4) is 0 Å². The number of aliphatic hydroxyl groups is 2. The van der Waals surface area contributed by atoms with Gasteiger partial charge < -0.3 is 15.5 Å². The quantitative estimate of drug-likeness (QED) is 0.740. The van der Waals surface area contributed by atoms with Crippen molar-refractivity contribution in [3.8, 4) is 0 Å². The summed E-state index contributed by atoms with van der Waals surface area (Å²) in [6.45, 7) is -0.430. The number of nitrogens with one attached hydrogen (secondary N) is 1. The van der Waals surface area contributed by atoms with Gasteiger partial charge in [-0.15, -0.1) is 12.4 Å². The van der Waals surface area contributed by atoms with Crippen LogP contribution >= 0.6 is 24.0 Å². The Balaban J connectivity index is 0.00000180. The van der Waals surface area contributed by atoms with E-state index in [-0.39, 0.29) is 30.4 Å². The maximum atomic E-state index is 12.4. The van der Waals surface area contributed by atoms with Crippen molar-refractivity contribution in [2.24, 2.45) is 0 Å². The zero-order valence-electron chi connectivity index (χ0n) is 9.91. The van der Waals surface area contributed by atoms with Crippen LogP contribution in [0.1, 0.15) is 0 Å². The van der Waals surface area contributed by atoms with Crippen molar-refractivity contribution >= 4 is 33.8 Å². The van der Waals surface area contributed by atoms with Crippen molar-refractivity contribution < 1.29 is 18.6 Å². The molecule has 2 atom stereocenters. The van der Waals surface area contributed by atoms with Gasteiger partial charge in [0.15, 0.2) is 9.84 Å². The highest BCUT2D eigenvalue weighted by molar-refractivity contribution is 7.92. The zero-order chi connectivity index (χ0) is 13.4. The molecule has 8 heteroatoms. The second-order valence-electron chi connectivity index (χ2n) is 4.38. The molecule has 1 heterocycles. The van der Waals surface area contributed by atoms with Crippen molar-refractivity contribution in [3.05, 3.63) is 29.3 Å². The molecule has 5 nitrogen and oxygen atoms in total. The Bertz CT molecular complexity index is 534. The van der Waals surface area contributed by atoms with Gasteiger partial charge in [-0.2, -0.15) is 0 Å². The number of rotatable bonds is 3. The molecule has 3 N–H and O–H groups in total. The van der Waals surface area contributed by atoms with E-state index in [9.17, 15) is 18.6 Å². The Hall–Kier alpha value is -0.370. The number of hydrogen-bond acceptors (Lipinski definition) is 5. The number of aliphatic hydroxyl groups excluding tert-OH is 1. The highest BCUT2D eigenvalue weighted by Gasteiger charge is 2.48. The molecule has 0 aromatic heterocycles. The number of sulfone groups is 1. The Morgan fingerprint density at radius 1 is 1.37 bits per heavy atom. The van der Waals surface area contributed by atoms with E-state index in [1.165, 1.54) is 24.3 Å². The first-order valence-electron chi connectivity index (χ1n) is 5.43. The average molecular weight is 328 g/mol. The molecule has 0 aliphatic carbocycles. The molecule has 19 heavy (non-hydrogen) atoms. The summed E-state index contributed by atoms with van der Waals surface area (Å²) in [4.78, 5) is 0.0903. The van der Waals surface area contributed by atoms with Crippen LogP contribution in [0.15, 0.2) is 29.2 Å². The van der Waals surface area contributed by atoms with Crippen molar-refractivity contribution in [1.82, 2.24) is 5.32 Å². The van der Waals surface area contributed by atoms with Crippen LogP contribution in [0.2, 0.25) is 5.02 Å². The zero-order valence-corrected chi connectivity index (χ0v) is 12.3. The standard InChI is InChI=1S/C11H14ClNO4S.ClH/c12-8-1-3-9(4-2-8)18(16,17)10-5-13-6-11(10,15)7-14;/h1-4,10,13-15H,5-7H2;1H/t10-,11+;/m0./s1. The predicted molar refractivity (Wildman–Crippen MR) is 74.6 cm³/mol. The van der Waals surface area contributed by atoms with Gasteiger partial charge in [0.25, 0.3) is 0 Å². The number of hydrogen-bond donors (Lipinski definition) is 3. The summed E-state index contributed by atoms with van der Waals surface area (Å²) in [6.07, 6.45) is 0. The number of benzene rings is 1. The highest BCUT2D eigenvalue weighted by Crippen LogP contribution is 2.28. The van der Waals surface area contributed by atoms with E-state index in [1.54, 1.807) is 0 Å². The van der Waals surface area contributed by atoms with Gasteiger partial charge in [-0.3, -0.25) is 0 Å². The summed E-state index contributed by atoms with van der Waals surface area (Å²) in [7, 11) is -3.71. The van der Waals surface area contributed by atoms with Crippen LogP contribution in [0.4, 0.5) is 0 Å². The first kappa shape index (κ1) is 16.7. The fourth-order valence-electron chi connectivity index (χ4n) is 2.07. The van der Waals surface area contributed by atoms with Crippen molar-refractivity contribution in [3.63, 3.8) is 0 Å². The second kappa shape index (κ2) is 5.95. The van der Waals surface area contributed by atoms with Crippen LogP contribution in [0.25, 0.3) is 0 Å². The van der Waals surface area contributed by atoms with E-state index in [0.29, 0.717) is 5.02 Å². The fraction of sp³-hybridized carbons (Fsp3) is 0.455. The third-order valence-electron chi connectivity index (χ3n) is 3.15. The van der Waals surface area contributed by atoms with Gasteiger partial charge in [-0.05, 0) is 24.3 Å². The Morgan fingerprint density at radius 2 is 1.95 bits per heavy atom. The summed E-state index contributed by atoms with van der Waals surface area (Å²) in [5, 5.41) is 21.4. The van der Waals surface area contributed by atoms with Gasteiger partial charge in [-0.1, -0.05) is 11.6 Å². The molecular weight excluding hydrogens is 313 g/mol. The fourth-order valence-corrected chi connectivity index (χ4v) is 4.11. The lowest BCUT2D eigenvalue weighted by molar-refractivity contribution is 0.00578. The molecule has 0 bridgehead atoms. The minimum Gasteiger partial charge on any atom is -0.393 e. The Labute approximate surface area is 122 Å². The van der Waals surface area contributed by atoms with Crippen LogP contribution < -0.4 is 5.32 Å². The lowest BCUT2D eigenvalue weighted by Crippen LogP contribution is -2.49. The van der Waals surface area contributed by atoms with Crippen LogP contribution in [0.5, 0.6) is 0 Å². The largest absolute Gasteiger partial charge is 0.393 e. The molecule has 0 spiro atoms. The maximum Gasteiger partial charge on any atom is 0.185 e. The third kappa shape index (κ3) is 3.04. The summed E-state index contributed by atoms with van der Waals surface area (Å²) < 4.78 is 24.7. The smallest absolute Gasteiger partial charge is 0.185 e. The van der Waals surface area contributed by atoms with Crippen molar-refractivity contribution in [2.45, 2.75) is 15.7 Å². The van der Waals surface area contributed by atoms with Gasteiger partial charge >= 0.3 is 0 Å². The van der Waals surface area contributed by atoms with E-state index >= 15 is 0 Å². The Kier molecular flexibility index (Phi) is 5.22.